The number of halogens is 1. The summed E-state index contributed by atoms with van der Waals surface area (Å²) < 4.78 is 15.5. The molecule has 3 N–H and O–H groups in total. The molecule has 7 nitrogen and oxygen atoms in total. The van der Waals surface area contributed by atoms with Gasteiger partial charge in [0.1, 0.15) is 12.0 Å². The van der Waals surface area contributed by atoms with Crippen LogP contribution in [0.1, 0.15) is 54.9 Å². The van der Waals surface area contributed by atoms with E-state index in [0.29, 0.717) is 39.3 Å². The van der Waals surface area contributed by atoms with Crippen molar-refractivity contribution < 1.29 is 29.3 Å². The van der Waals surface area contributed by atoms with Crippen LogP contribution in [0.3, 0.4) is 0 Å². The molecule has 3 aromatic carbocycles. The Bertz CT molecular complexity index is 1430. The van der Waals surface area contributed by atoms with Crippen molar-refractivity contribution in [1.29, 1.82) is 0 Å². The number of aliphatic hydroxyl groups is 2. The first-order valence-electron chi connectivity index (χ1n) is 12.7. The summed E-state index contributed by atoms with van der Waals surface area (Å²) in [6.45, 7) is 3.75. The summed E-state index contributed by atoms with van der Waals surface area (Å²) in [4.78, 5) is 25.1. The molecule has 0 aliphatic carbocycles. The minimum atomic E-state index is -1.45. The molecule has 0 spiro atoms. The number of amides is 1. The van der Waals surface area contributed by atoms with Gasteiger partial charge in [-0.25, -0.2) is 4.39 Å². The van der Waals surface area contributed by atoms with Crippen LogP contribution in [0.4, 0.5) is 10.1 Å². The standard InChI is InChI=1S/C31H31FN2O5/c1-19(2)29-28(31(39)33-23-11-7-4-8-12-23)27(20-9-5-3-6-10-20)30(21-13-15-22(32)16-14-21)34(29)25(36)17-24(35)18-26(37)38/h3-16,19,24-25,35-36H,17-18H2,1-2H3,(H,33,39)(H,37,38)/p-1/t24-,25-/m0/s1. The summed E-state index contributed by atoms with van der Waals surface area (Å²) in [6, 6.07) is 23.8. The first-order chi connectivity index (χ1) is 18.7. The van der Waals surface area contributed by atoms with Crippen LogP contribution in [0.5, 0.6) is 0 Å². The second-order valence-corrected chi connectivity index (χ2v) is 9.65. The Kier molecular flexibility index (Phi) is 8.59. The van der Waals surface area contributed by atoms with E-state index in [2.05, 4.69) is 5.32 Å². The van der Waals surface area contributed by atoms with Gasteiger partial charge in [0.05, 0.1) is 17.4 Å². The highest BCUT2D eigenvalue weighted by Crippen LogP contribution is 2.44. The minimum Gasteiger partial charge on any atom is -0.550 e. The number of carboxylic acid groups (broad SMARTS) is 1. The zero-order chi connectivity index (χ0) is 28.1. The average Bonchev–Trinajstić information content (AvgIpc) is 3.26. The number of rotatable bonds is 10. The summed E-state index contributed by atoms with van der Waals surface area (Å²) in [5.41, 5.74) is 3.56. The van der Waals surface area contributed by atoms with E-state index >= 15 is 0 Å². The number of para-hydroxylation sites is 1. The molecule has 0 bridgehead atoms. The molecule has 0 saturated carbocycles. The van der Waals surface area contributed by atoms with Crippen LogP contribution in [0, 0.1) is 5.82 Å². The van der Waals surface area contributed by atoms with E-state index in [1.54, 1.807) is 41.0 Å². The maximum absolute atomic E-state index is 14.0. The fourth-order valence-corrected chi connectivity index (χ4v) is 4.83. The molecule has 0 unspecified atom stereocenters. The van der Waals surface area contributed by atoms with Crippen LogP contribution >= 0.6 is 0 Å². The van der Waals surface area contributed by atoms with Gasteiger partial charge < -0.3 is 30.0 Å². The normalized spacial score (nSPS) is 12.8. The van der Waals surface area contributed by atoms with Crippen molar-refractivity contribution in [1.82, 2.24) is 4.57 Å². The number of anilines is 1. The SMILES string of the molecule is CC(C)c1c(C(=O)Nc2ccccc2)c(-c2ccccc2)c(-c2ccc(F)cc2)n1[C@@H](O)C[C@H](O)CC(=O)[O-]. The summed E-state index contributed by atoms with van der Waals surface area (Å²) in [7, 11) is 0. The lowest BCUT2D eigenvalue weighted by molar-refractivity contribution is -0.307. The molecule has 0 aliphatic heterocycles. The number of aliphatic carboxylic acids is 1. The van der Waals surface area contributed by atoms with Crippen molar-refractivity contribution in [3.63, 3.8) is 0 Å². The lowest BCUT2D eigenvalue weighted by atomic mass is 9.94. The topological polar surface area (TPSA) is 115 Å². The van der Waals surface area contributed by atoms with Crippen LogP contribution in [0.2, 0.25) is 0 Å². The van der Waals surface area contributed by atoms with E-state index in [-0.39, 0.29) is 12.3 Å². The second kappa shape index (κ2) is 12.1. The molecule has 2 atom stereocenters. The predicted molar refractivity (Wildman–Crippen MR) is 145 cm³/mol. The quantitative estimate of drug-likeness (QED) is 0.275. The molecule has 8 heteroatoms. The highest BCUT2D eigenvalue weighted by atomic mass is 19.1. The third-order valence-electron chi connectivity index (χ3n) is 6.41. The van der Waals surface area contributed by atoms with Gasteiger partial charge in [-0.05, 0) is 53.4 Å². The molecule has 39 heavy (non-hydrogen) atoms. The van der Waals surface area contributed by atoms with Gasteiger partial charge in [-0.2, -0.15) is 0 Å². The van der Waals surface area contributed by atoms with E-state index in [1.807, 2.05) is 50.2 Å². The number of benzene rings is 3. The number of carbonyl (C=O) groups is 2. The molecule has 0 radical (unpaired) electrons. The number of aromatic nitrogens is 1. The zero-order valence-corrected chi connectivity index (χ0v) is 21.7. The summed E-state index contributed by atoms with van der Waals surface area (Å²) in [5.74, 6) is -2.59. The van der Waals surface area contributed by atoms with Crippen molar-refractivity contribution in [2.45, 2.75) is 44.9 Å². The van der Waals surface area contributed by atoms with E-state index < -0.39 is 36.4 Å². The van der Waals surface area contributed by atoms with Gasteiger partial charge in [-0.15, -0.1) is 0 Å². The Morgan fingerprint density at radius 2 is 1.49 bits per heavy atom. The average molecular weight is 530 g/mol. The van der Waals surface area contributed by atoms with Crippen LogP contribution in [-0.4, -0.2) is 32.8 Å². The molecular weight excluding hydrogens is 499 g/mol. The molecular formula is C31H30FN2O5-. The maximum atomic E-state index is 14.0. The number of hydrogen-bond donors (Lipinski definition) is 3. The lowest BCUT2D eigenvalue weighted by Crippen LogP contribution is -2.29. The van der Waals surface area contributed by atoms with Gasteiger partial charge in [0, 0.05) is 35.8 Å². The molecule has 0 fully saturated rings. The maximum Gasteiger partial charge on any atom is 0.258 e. The molecule has 4 rings (SSSR count). The first kappa shape index (κ1) is 27.8. The van der Waals surface area contributed by atoms with E-state index in [0.717, 1.165) is 0 Å². The number of hydrogen-bond acceptors (Lipinski definition) is 5. The monoisotopic (exact) mass is 529 g/mol. The number of nitrogens with zero attached hydrogens (tertiary/aromatic N) is 1. The van der Waals surface area contributed by atoms with Crippen LogP contribution in [0.15, 0.2) is 84.9 Å². The van der Waals surface area contributed by atoms with E-state index in [9.17, 15) is 29.3 Å². The van der Waals surface area contributed by atoms with Crippen LogP contribution in [-0.2, 0) is 4.79 Å². The fourth-order valence-electron chi connectivity index (χ4n) is 4.83. The largest absolute Gasteiger partial charge is 0.550 e. The zero-order valence-electron chi connectivity index (χ0n) is 21.7. The Hall–Kier alpha value is -4.27. The van der Waals surface area contributed by atoms with E-state index in [1.165, 1.54) is 12.1 Å². The van der Waals surface area contributed by atoms with Crippen molar-refractivity contribution in [3.05, 3.63) is 102 Å². The van der Waals surface area contributed by atoms with Crippen molar-refractivity contribution in [2.75, 3.05) is 5.32 Å². The van der Waals surface area contributed by atoms with Crippen molar-refractivity contribution >= 4 is 17.6 Å². The van der Waals surface area contributed by atoms with Gasteiger partial charge in [0.25, 0.3) is 5.91 Å². The fraction of sp³-hybridized carbons (Fsp3) is 0.226. The highest BCUT2D eigenvalue weighted by molar-refractivity contribution is 6.12. The molecule has 202 valence electrons. The minimum absolute atomic E-state index is 0.286. The van der Waals surface area contributed by atoms with Gasteiger partial charge in [0.2, 0.25) is 0 Å². The Morgan fingerprint density at radius 1 is 0.897 bits per heavy atom. The molecule has 0 aliphatic rings. The van der Waals surface area contributed by atoms with Crippen LogP contribution < -0.4 is 10.4 Å². The number of nitrogens with one attached hydrogen (secondary N) is 1. The number of carboxylic acids is 1. The third-order valence-corrected chi connectivity index (χ3v) is 6.41. The van der Waals surface area contributed by atoms with Crippen LogP contribution in [0.25, 0.3) is 22.4 Å². The summed E-state index contributed by atoms with van der Waals surface area (Å²) >= 11 is 0. The summed E-state index contributed by atoms with van der Waals surface area (Å²) in [5, 5.41) is 35.8. The molecule has 4 aromatic rings. The predicted octanol–water partition coefficient (Wildman–Crippen LogP) is 4.72. The molecule has 1 amide bonds. The molecule has 0 saturated heterocycles. The molecule has 1 heterocycles. The Morgan fingerprint density at radius 3 is 2.05 bits per heavy atom. The Balaban J connectivity index is 2.03. The van der Waals surface area contributed by atoms with Gasteiger partial charge in [-0.1, -0.05) is 62.4 Å². The smallest absolute Gasteiger partial charge is 0.258 e. The number of carbonyl (C=O) groups excluding carboxylic acids is 2. The number of aliphatic hydroxyl groups excluding tert-OH is 2. The van der Waals surface area contributed by atoms with Gasteiger partial charge >= 0.3 is 0 Å². The first-order valence-corrected chi connectivity index (χ1v) is 12.7. The molecule has 1 aromatic heterocycles. The lowest BCUT2D eigenvalue weighted by Gasteiger charge is -2.24. The van der Waals surface area contributed by atoms with Gasteiger partial charge in [0.15, 0.2) is 0 Å². The van der Waals surface area contributed by atoms with Crippen molar-refractivity contribution in [2.24, 2.45) is 0 Å². The Labute approximate surface area is 226 Å². The van der Waals surface area contributed by atoms with Gasteiger partial charge in [-0.3, -0.25) is 4.79 Å². The van der Waals surface area contributed by atoms with Crippen molar-refractivity contribution in [3.8, 4) is 22.4 Å². The summed E-state index contributed by atoms with van der Waals surface area (Å²) in [6.07, 6.45) is -3.79. The van der Waals surface area contributed by atoms with E-state index in [4.69, 9.17) is 0 Å². The second-order valence-electron chi connectivity index (χ2n) is 9.65. The highest BCUT2D eigenvalue weighted by Gasteiger charge is 2.33. The third kappa shape index (κ3) is 6.25.